The van der Waals surface area contributed by atoms with E-state index < -0.39 is 4.92 Å². The minimum absolute atomic E-state index is 0.0759. The predicted octanol–water partition coefficient (Wildman–Crippen LogP) is 3.19. The molecule has 0 aromatic heterocycles. The number of halogens is 1. The van der Waals surface area contributed by atoms with E-state index in [1.54, 1.807) is 18.2 Å². The zero-order valence-electron chi connectivity index (χ0n) is 7.18. The van der Waals surface area contributed by atoms with Crippen molar-refractivity contribution in [3.8, 4) is 0 Å². The van der Waals surface area contributed by atoms with Crippen molar-refractivity contribution in [3.63, 3.8) is 0 Å². The maximum Gasteiger partial charge on any atom is 0.288 e. The molecule has 0 fully saturated rings. The van der Waals surface area contributed by atoms with Crippen LogP contribution < -0.4 is 0 Å². The molecule has 1 aromatic rings. The van der Waals surface area contributed by atoms with Crippen LogP contribution in [-0.2, 0) is 0 Å². The summed E-state index contributed by atoms with van der Waals surface area (Å²) in [4.78, 5) is 10.0. The summed E-state index contributed by atoms with van der Waals surface area (Å²) in [5.41, 5.74) is 0.670. The molecular weight excluding hydrogens is 222 g/mol. The highest BCUT2D eigenvalue weighted by molar-refractivity contribution is 7.80. The number of nitro groups is 1. The number of rotatable bonds is 3. The van der Waals surface area contributed by atoms with Crippen molar-refractivity contribution >= 4 is 36.0 Å². The van der Waals surface area contributed by atoms with Gasteiger partial charge in [0.25, 0.3) is 5.69 Å². The molecule has 0 saturated heterocycles. The quantitative estimate of drug-likeness (QED) is 0.491. The molecule has 0 amide bonds. The van der Waals surface area contributed by atoms with Gasteiger partial charge in [-0.25, -0.2) is 0 Å². The summed E-state index contributed by atoms with van der Waals surface area (Å²) in [6.07, 6.45) is 3.56. The maximum absolute atomic E-state index is 10.5. The van der Waals surface area contributed by atoms with E-state index in [0.717, 1.165) is 5.56 Å². The summed E-state index contributed by atoms with van der Waals surface area (Å²) in [6, 6.07) is 4.66. The van der Waals surface area contributed by atoms with Crippen LogP contribution in [0.5, 0.6) is 0 Å². The molecule has 1 aromatic carbocycles. The van der Waals surface area contributed by atoms with E-state index in [1.165, 1.54) is 12.1 Å². The number of hydrogen-bond donors (Lipinski definition) is 1. The van der Waals surface area contributed by atoms with Crippen molar-refractivity contribution in [1.82, 2.24) is 0 Å². The zero-order valence-corrected chi connectivity index (χ0v) is 8.83. The first-order valence-corrected chi connectivity index (χ1v) is 4.87. The third-order valence-corrected chi connectivity index (χ3v) is 2.11. The summed E-state index contributed by atoms with van der Waals surface area (Å²) in [6.45, 7) is 0. The lowest BCUT2D eigenvalue weighted by atomic mass is 10.2. The Kier molecular flexibility index (Phi) is 3.98. The van der Waals surface area contributed by atoms with Gasteiger partial charge < -0.3 is 0 Å². The van der Waals surface area contributed by atoms with Crippen LogP contribution in [0.1, 0.15) is 5.56 Å². The van der Waals surface area contributed by atoms with Gasteiger partial charge >= 0.3 is 0 Å². The Balaban J connectivity index is 3.06. The summed E-state index contributed by atoms with van der Waals surface area (Å²) >= 11 is 9.64. The van der Waals surface area contributed by atoms with Gasteiger partial charge in [-0.3, -0.25) is 10.1 Å². The van der Waals surface area contributed by atoms with Gasteiger partial charge in [0.1, 0.15) is 5.02 Å². The lowest BCUT2D eigenvalue weighted by Gasteiger charge is -1.96. The van der Waals surface area contributed by atoms with Gasteiger partial charge in [0.2, 0.25) is 0 Å². The highest BCUT2D eigenvalue weighted by Crippen LogP contribution is 2.25. The Morgan fingerprint density at radius 2 is 2.29 bits per heavy atom. The van der Waals surface area contributed by atoms with Gasteiger partial charge in [0.15, 0.2) is 0 Å². The van der Waals surface area contributed by atoms with E-state index in [1.807, 2.05) is 0 Å². The fraction of sp³-hybridized carbons (Fsp3) is 0.111. The molecule has 0 saturated carbocycles. The number of nitrogens with zero attached hydrogens (tertiary/aromatic N) is 1. The molecule has 14 heavy (non-hydrogen) atoms. The second-order valence-electron chi connectivity index (χ2n) is 2.55. The molecule has 0 unspecified atom stereocenters. The molecule has 0 N–H and O–H groups in total. The van der Waals surface area contributed by atoms with Crippen LogP contribution in [0.2, 0.25) is 5.02 Å². The number of nitro benzene ring substituents is 1. The van der Waals surface area contributed by atoms with Gasteiger partial charge in [0.05, 0.1) is 4.92 Å². The van der Waals surface area contributed by atoms with Crippen LogP contribution in [0.3, 0.4) is 0 Å². The van der Waals surface area contributed by atoms with Crippen LogP contribution in [0, 0.1) is 10.1 Å². The van der Waals surface area contributed by atoms with E-state index in [2.05, 4.69) is 12.6 Å². The van der Waals surface area contributed by atoms with Gasteiger partial charge in [-0.15, -0.1) is 0 Å². The number of benzene rings is 1. The summed E-state index contributed by atoms with van der Waals surface area (Å²) in [5.74, 6) is 0.594. The third kappa shape index (κ3) is 2.75. The van der Waals surface area contributed by atoms with Crippen LogP contribution in [-0.4, -0.2) is 10.7 Å². The molecule has 0 aliphatic heterocycles. The molecule has 0 heterocycles. The van der Waals surface area contributed by atoms with Crippen molar-refractivity contribution in [3.05, 3.63) is 45.0 Å². The second kappa shape index (κ2) is 5.02. The first kappa shape index (κ1) is 11.1. The average Bonchev–Trinajstić information content (AvgIpc) is 2.16. The third-order valence-electron chi connectivity index (χ3n) is 1.58. The molecule has 74 valence electrons. The van der Waals surface area contributed by atoms with Gasteiger partial charge in [0, 0.05) is 11.8 Å². The first-order chi connectivity index (χ1) is 6.65. The van der Waals surface area contributed by atoms with E-state index in [0.29, 0.717) is 5.75 Å². The standard InChI is InChI=1S/C9H8ClNO2S/c10-8-4-3-7(2-1-5-14)6-9(8)11(12)13/h1-4,6,14H,5H2. The van der Waals surface area contributed by atoms with Crippen LogP contribution >= 0.6 is 24.2 Å². The van der Waals surface area contributed by atoms with E-state index in [-0.39, 0.29) is 10.7 Å². The molecule has 0 aliphatic rings. The van der Waals surface area contributed by atoms with E-state index in [9.17, 15) is 10.1 Å². The molecular formula is C9H8ClNO2S. The van der Waals surface area contributed by atoms with Crippen molar-refractivity contribution in [2.24, 2.45) is 0 Å². The van der Waals surface area contributed by atoms with Crippen molar-refractivity contribution in [2.45, 2.75) is 0 Å². The molecule has 0 aliphatic carbocycles. The highest BCUT2D eigenvalue weighted by atomic mass is 35.5. The molecule has 1 rings (SSSR count). The summed E-state index contributed by atoms with van der Waals surface area (Å²) in [5, 5.41) is 10.7. The lowest BCUT2D eigenvalue weighted by molar-refractivity contribution is -0.384. The Morgan fingerprint density at radius 1 is 1.57 bits per heavy atom. The maximum atomic E-state index is 10.5. The topological polar surface area (TPSA) is 43.1 Å². The van der Waals surface area contributed by atoms with Crippen LogP contribution in [0.15, 0.2) is 24.3 Å². The molecule has 0 atom stereocenters. The Labute approximate surface area is 91.9 Å². The minimum Gasteiger partial charge on any atom is -0.258 e. The van der Waals surface area contributed by atoms with Crippen molar-refractivity contribution in [1.29, 1.82) is 0 Å². The van der Waals surface area contributed by atoms with Crippen molar-refractivity contribution in [2.75, 3.05) is 5.75 Å². The Bertz CT molecular complexity index is 379. The largest absolute Gasteiger partial charge is 0.288 e. The fourth-order valence-corrected chi connectivity index (χ4v) is 1.25. The smallest absolute Gasteiger partial charge is 0.258 e. The van der Waals surface area contributed by atoms with Crippen molar-refractivity contribution < 1.29 is 4.92 Å². The fourth-order valence-electron chi connectivity index (χ4n) is 0.962. The Morgan fingerprint density at radius 3 is 2.86 bits per heavy atom. The van der Waals surface area contributed by atoms with Gasteiger partial charge in [-0.2, -0.15) is 12.6 Å². The monoisotopic (exact) mass is 229 g/mol. The van der Waals surface area contributed by atoms with Gasteiger partial charge in [-0.05, 0) is 11.6 Å². The highest BCUT2D eigenvalue weighted by Gasteiger charge is 2.11. The lowest BCUT2D eigenvalue weighted by Crippen LogP contribution is -1.89. The molecule has 0 bridgehead atoms. The van der Waals surface area contributed by atoms with E-state index in [4.69, 9.17) is 11.6 Å². The zero-order chi connectivity index (χ0) is 10.6. The first-order valence-electron chi connectivity index (χ1n) is 3.86. The number of thiol groups is 1. The molecule has 0 radical (unpaired) electrons. The summed E-state index contributed by atoms with van der Waals surface area (Å²) < 4.78 is 0. The molecule has 0 spiro atoms. The molecule has 3 nitrogen and oxygen atoms in total. The average molecular weight is 230 g/mol. The molecule has 5 heteroatoms. The minimum atomic E-state index is -0.500. The van der Waals surface area contributed by atoms with Crippen LogP contribution in [0.25, 0.3) is 6.08 Å². The number of hydrogen-bond acceptors (Lipinski definition) is 3. The Hall–Kier alpha value is -1.00. The van der Waals surface area contributed by atoms with Crippen LogP contribution in [0.4, 0.5) is 5.69 Å². The second-order valence-corrected chi connectivity index (χ2v) is 3.33. The van der Waals surface area contributed by atoms with Gasteiger partial charge in [-0.1, -0.05) is 29.8 Å². The SMILES string of the molecule is O=[N+]([O-])c1cc(C=CCS)ccc1Cl. The van der Waals surface area contributed by atoms with E-state index >= 15 is 0 Å². The summed E-state index contributed by atoms with van der Waals surface area (Å²) in [7, 11) is 0. The normalized spacial score (nSPS) is 10.7. The predicted molar refractivity (Wildman–Crippen MR) is 61.0 cm³/mol.